The molecule has 2 heterocycles. The first-order valence-electron chi connectivity index (χ1n) is 7.55. The molecule has 2 aliphatic heterocycles. The average molecular weight is 266 g/mol. The van der Waals surface area contributed by atoms with Crippen molar-refractivity contribution in [3.05, 3.63) is 0 Å². The highest BCUT2D eigenvalue weighted by atomic mass is 16.6. The van der Waals surface area contributed by atoms with Crippen molar-refractivity contribution in [2.75, 3.05) is 26.4 Å². The van der Waals surface area contributed by atoms with Crippen LogP contribution >= 0.6 is 0 Å². The maximum Gasteiger partial charge on any atom is 0.400 e. The monoisotopic (exact) mass is 266 g/mol. The van der Waals surface area contributed by atoms with Crippen molar-refractivity contribution in [1.82, 2.24) is 0 Å². The summed E-state index contributed by atoms with van der Waals surface area (Å²) in [4.78, 5) is 0. The van der Waals surface area contributed by atoms with Crippen molar-refractivity contribution >= 4 is 21.1 Å². The molecule has 0 bridgehead atoms. The third-order valence-corrected chi connectivity index (χ3v) is 3.88. The summed E-state index contributed by atoms with van der Waals surface area (Å²) in [5.74, 6) is 0.620. The first-order chi connectivity index (χ1) is 9.09. The lowest BCUT2D eigenvalue weighted by Gasteiger charge is -2.34. The van der Waals surface area contributed by atoms with Crippen molar-refractivity contribution in [2.45, 2.75) is 40.0 Å². The van der Waals surface area contributed by atoms with Gasteiger partial charge >= 0.3 is 14.0 Å². The Morgan fingerprint density at radius 3 is 2.47 bits per heavy atom. The average Bonchev–Trinajstić information content (AvgIpc) is 2.39. The molecule has 2 rings (SSSR count). The molecule has 7 heteroatoms. The van der Waals surface area contributed by atoms with Gasteiger partial charge in [-0.15, -0.1) is 0 Å². The van der Waals surface area contributed by atoms with Gasteiger partial charge < -0.3 is 18.6 Å². The van der Waals surface area contributed by atoms with Crippen LogP contribution in [-0.2, 0) is 18.6 Å². The number of rotatable bonds is 3. The molecule has 0 aromatic rings. The first-order valence-corrected chi connectivity index (χ1v) is 7.55. The summed E-state index contributed by atoms with van der Waals surface area (Å²) in [6, 6.07) is 0. The lowest BCUT2D eigenvalue weighted by atomic mass is 9.23. The zero-order valence-corrected chi connectivity index (χ0v) is 12.5. The minimum atomic E-state index is -0.197. The quantitative estimate of drug-likeness (QED) is 0.722. The van der Waals surface area contributed by atoms with Crippen LogP contribution in [0.15, 0.2) is 0 Å². The van der Waals surface area contributed by atoms with E-state index in [4.69, 9.17) is 18.6 Å². The fourth-order valence-electron chi connectivity index (χ4n) is 2.74. The molecule has 2 aliphatic rings. The second-order valence-corrected chi connectivity index (χ2v) is 6.48. The van der Waals surface area contributed by atoms with E-state index in [-0.39, 0.29) is 19.4 Å². The molecule has 0 radical (unpaired) electrons. The van der Waals surface area contributed by atoms with Crippen LogP contribution < -0.4 is 0 Å². The van der Waals surface area contributed by atoms with Crippen LogP contribution in [0.5, 0.6) is 0 Å². The van der Waals surface area contributed by atoms with Gasteiger partial charge in [0.05, 0.1) is 0 Å². The molecule has 2 fully saturated rings. The van der Waals surface area contributed by atoms with Crippen LogP contribution in [0.25, 0.3) is 0 Å². The highest BCUT2D eigenvalue weighted by molar-refractivity contribution is 7.35. The Kier molecular flexibility index (Phi) is 5.81. The van der Waals surface area contributed by atoms with Crippen LogP contribution in [0.1, 0.15) is 40.0 Å². The Morgan fingerprint density at radius 1 is 1.11 bits per heavy atom. The van der Waals surface area contributed by atoms with Gasteiger partial charge in [0, 0.05) is 26.4 Å². The SMILES string of the molecule is CCC1COB(BB2OCCCO2)OCC(C)(C)C1. The second kappa shape index (κ2) is 7.16. The highest BCUT2D eigenvalue weighted by Gasteiger charge is 2.36. The van der Waals surface area contributed by atoms with Gasteiger partial charge in [-0.2, -0.15) is 0 Å². The van der Waals surface area contributed by atoms with Gasteiger partial charge in [0.15, 0.2) is 0 Å². The van der Waals surface area contributed by atoms with E-state index >= 15 is 0 Å². The standard InChI is InChI=1S/C12H25B3O4/c1-4-11-8-12(2,3)10-19-15(18-9-11)13-14-16-6-5-7-17-14/h11,13H,4-10H2,1-3H3. The molecule has 0 aromatic carbocycles. The molecule has 0 amide bonds. The van der Waals surface area contributed by atoms with E-state index in [0.717, 1.165) is 45.7 Å². The van der Waals surface area contributed by atoms with Gasteiger partial charge in [0.1, 0.15) is 0 Å². The molecule has 0 aliphatic carbocycles. The molecule has 2 saturated heterocycles. The molecule has 106 valence electrons. The van der Waals surface area contributed by atoms with Gasteiger partial charge in [-0.1, -0.05) is 27.2 Å². The zero-order valence-electron chi connectivity index (χ0n) is 12.5. The summed E-state index contributed by atoms with van der Waals surface area (Å²) in [7, 11) is 0.310. The van der Waals surface area contributed by atoms with Crippen molar-refractivity contribution in [1.29, 1.82) is 0 Å². The second-order valence-electron chi connectivity index (χ2n) is 6.48. The van der Waals surface area contributed by atoms with Crippen LogP contribution in [-0.4, -0.2) is 47.5 Å². The van der Waals surface area contributed by atoms with E-state index in [2.05, 4.69) is 20.8 Å². The van der Waals surface area contributed by atoms with Crippen LogP contribution in [0, 0.1) is 11.3 Å². The molecule has 0 aromatic heterocycles. The predicted molar refractivity (Wildman–Crippen MR) is 79.3 cm³/mol. The Balaban J connectivity index is 1.86. The summed E-state index contributed by atoms with van der Waals surface area (Å²) in [5, 5.41) is 0. The van der Waals surface area contributed by atoms with Crippen molar-refractivity contribution in [3.8, 4) is 0 Å². The van der Waals surface area contributed by atoms with E-state index in [0.29, 0.717) is 13.0 Å². The molecule has 4 nitrogen and oxygen atoms in total. The number of hydrogen-bond acceptors (Lipinski definition) is 4. The maximum absolute atomic E-state index is 5.91. The molecular weight excluding hydrogens is 241 g/mol. The van der Waals surface area contributed by atoms with Crippen molar-refractivity contribution in [3.63, 3.8) is 0 Å². The van der Waals surface area contributed by atoms with E-state index in [1.165, 1.54) is 0 Å². The van der Waals surface area contributed by atoms with Crippen molar-refractivity contribution < 1.29 is 18.6 Å². The highest BCUT2D eigenvalue weighted by Crippen LogP contribution is 2.29. The Hall–Kier alpha value is 0.0348. The third-order valence-electron chi connectivity index (χ3n) is 3.88. The predicted octanol–water partition coefficient (Wildman–Crippen LogP) is 1.32. The lowest BCUT2D eigenvalue weighted by Crippen LogP contribution is -2.49. The minimum absolute atomic E-state index is 0.165. The largest absolute Gasteiger partial charge is 0.418 e. The Bertz CT molecular complexity index is 272. The first kappa shape index (κ1) is 15.4. The molecule has 0 saturated carbocycles. The smallest absolute Gasteiger partial charge is 0.400 e. The van der Waals surface area contributed by atoms with E-state index < -0.39 is 0 Å². The van der Waals surface area contributed by atoms with E-state index in [1.807, 2.05) is 0 Å². The minimum Gasteiger partial charge on any atom is -0.418 e. The van der Waals surface area contributed by atoms with Gasteiger partial charge in [0.25, 0.3) is 0 Å². The normalized spacial score (nSPS) is 28.7. The van der Waals surface area contributed by atoms with Crippen LogP contribution in [0.4, 0.5) is 0 Å². The number of hydrogen-bond donors (Lipinski definition) is 0. The topological polar surface area (TPSA) is 36.9 Å². The van der Waals surface area contributed by atoms with Gasteiger partial charge in [-0.25, -0.2) is 0 Å². The van der Waals surface area contributed by atoms with Gasteiger partial charge in [-0.05, 0) is 24.2 Å². The molecule has 1 unspecified atom stereocenters. The third kappa shape index (κ3) is 5.14. The lowest BCUT2D eigenvalue weighted by molar-refractivity contribution is 0.0677. The maximum atomic E-state index is 5.91. The summed E-state index contributed by atoms with van der Waals surface area (Å²) < 4.78 is 23.0. The Labute approximate surface area is 118 Å². The zero-order chi connectivity index (χ0) is 13.7. The fourth-order valence-corrected chi connectivity index (χ4v) is 2.74. The Morgan fingerprint density at radius 2 is 1.79 bits per heavy atom. The van der Waals surface area contributed by atoms with E-state index in [1.54, 1.807) is 0 Å². The summed E-state index contributed by atoms with van der Waals surface area (Å²) in [6.45, 7) is 9.84. The molecule has 1 atom stereocenters. The van der Waals surface area contributed by atoms with Crippen LogP contribution in [0.3, 0.4) is 0 Å². The summed E-state index contributed by atoms with van der Waals surface area (Å²) in [5.41, 5.74) is 0.219. The fraction of sp³-hybridized carbons (Fsp3) is 1.00. The van der Waals surface area contributed by atoms with Crippen LogP contribution in [0.2, 0.25) is 0 Å². The molecule has 0 N–H and O–H groups in total. The van der Waals surface area contributed by atoms with Gasteiger partial charge in [0.2, 0.25) is 7.06 Å². The summed E-state index contributed by atoms with van der Waals surface area (Å²) >= 11 is 0. The van der Waals surface area contributed by atoms with Gasteiger partial charge in [-0.3, -0.25) is 0 Å². The van der Waals surface area contributed by atoms with E-state index in [9.17, 15) is 0 Å². The summed E-state index contributed by atoms with van der Waals surface area (Å²) in [6.07, 6.45) is 3.30. The molecular formula is C12H25B3O4. The van der Waals surface area contributed by atoms with Crippen molar-refractivity contribution in [2.24, 2.45) is 11.3 Å². The molecule has 0 spiro atoms. The molecule has 19 heavy (non-hydrogen) atoms.